The average Bonchev–Trinajstić information content (AvgIpc) is 3.03. The van der Waals surface area contributed by atoms with Gasteiger partial charge in [-0.05, 0) is 54.3 Å². The Labute approximate surface area is 165 Å². The smallest absolute Gasteiger partial charge is 0.113 e. The van der Waals surface area contributed by atoms with E-state index < -0.39 is 0 Å². The van der Waals surface area contributed by atoms with Gasteiger partial charge < -0.3 is 4.57 Å². The van der Waals surface area contributed by atoms with Crippen LogP contribution in [0.4, 0.5) is 0 Å². The third-order valence-corrected chi connectivity index (χ3v) is 5.60. The van der Waals surface area contributed by atoms with E-state index >= 15 is 0 Å². The molecule has 1 nitrogen and oxygen atoms in total. The summed E-state index contributed by atoms with van der Waals surface area (Å²) in [7, 11) is 5.82. The van der Waals surface area contributed by atoms with E-state index in [9.17, 15) is 0 Å². The first-order chi connectivity index (χ1) is 13.2. The van der Waals surface area contributed by atoms with Crippen molar-refractivity contribution in [3.63, 3.8) is 0 Å². The van der Waals surface area contributed by atoms with Crippen LogP contribution in [0.5, 0.6) is 0 Å². The van der Waals surface area contributed by atoms with Gasteiger partial charge in [0.15, 0.2) is 0 Å². The minimum Gasteiger partial charge on any atom is -0.310 e. The zero-order valence-corrected chi connectivity index (χ0v) is 15.6. The van der Waals surface area contributed by atoms with E-state index in [2.05, 4.69) is 65.3 Å². The minimum absolute atomic E-state index is 0.675. The van der Waals surface area contributed by atoms with Crippen LogP contribution >= 0.6 is 11.6 Å². The largest absolute Gasteiger partial charge is 0.310 e. The molecule has 2 radical (unpaired) electrons. The van der Waals surface area contributed by atoms with Crippen molar-refractivity contribution in [3.05, 3.63) is 89.1 Å². The van der Waals surface area contributed by atoms with Crippen molar-refractivity contribution in [2.45, 2.75) is 12.8 Å². The van der Waals surface area contributed by atoms with Crippen molar-refractivity contribution in [3.8, 4) is 16.8 Å². The molecule has 0 aliphatic heterocycles. The molecule has 3 aromatic carbocycles. The standard InChI is InChI=1S/C24H17BClN/c25-17-11-14-19(22(26)15-17)16-9-12-18(13-10-16)27-23-7-3-1-5-20(23)21-6-2-4-8-24(21)27/h1,3-5,7-15H,2,6H2. The molecule has 0 unspecified atom stereocenters. The Bertz CT molecular complexity index is 1190. The van der Waals surface area contributed by atoms with E-state index in [4.69, 9.17) is 19.4 Å². The number of aryl methyl sites for hydroxylation is 1. The van der Waals surface area contributed by atoms with Crippen molar-refractivity contribution < 1.29 is 0 Å². The molecule has 0 saturated heterocycles. The van der Waals surface area contributed by atoms with Crippen molar-refractivity contribution in [1.82, 2.24) is 4.57 Å². The lowest BCUT2D eigenvalue weighted by Gasteiger charge is -2.13. The molecule has 0 N–H and O–H groups in total. The molecular weight excluding hydrogens is 349 g/mol. The summed E-state index contributed by atoms with van der Waals surface area (Å²) in [5.41, 5.74) is 7.92. The molecule has 0 amide bonds. The number of para-hydroxylation sites is 1. The second kappa shape index (κ2) is 6.47. The summed E-state index contributed by atoms with van der Waals surface area (Å²) in [6.45, 7) is 0. The normalized spacial score (nSPS) is 13.1. The van der Waals surface area contributed by atoms with E-state index in [1.54, 1.807) is 6.07 Å². The summed E-state index contributed by atoms with van der Waals surface area (Å²) in [5, 5.41) is 2.02. The molecule has 1 aromatic heterocycles. The van der Waals surface area contributed by atoms with Gasteiger partial charge in [0.2, 0.25) is 0 Å². The van der Waals surface area contributed by atoms with Crippen LogP contribution in [0.1, 0.15) is 17.7 Å². The summed E-state index contributed by atoms with van der Waals surface area (Å²) >= 11 is 6.38. The maximum atomic E-state index is 6.38. The third kappa shape index (κ3) is 2.72. The summed E-state index contributed by atoms with van der Waals surface area (Å²) < 4.78 is 2.36. The molecule has 5 rings (SSSR count). The number of benzene rings is 3. The van der Waals surface area contributed by atoms with Crippen LogP contribution in [-0.4, -0.2) is 12.4 Å². The van der Waals surface area contributed by atoms with Crippen LogP contribution in [0.25, 0.3) is 33.8 Å². The Hall–Kier alpha value is -2.71. The second-order valence-electron chi connectivity index (χ2n) is 6.94. The highest BCUT2D eigenvalue weighted by Crippen LogP contribution is 2.34. The van der Waals surface area contributed by atoms with Crippen LogP contribution in [0, 0.1) is 0 Å². The zero-order chi connectivity index (χ0) is 18.4. The minimum atomic E-state index is 0.675. The molecular formula is C24H17BClN. The zero-order valence-electron chi connectivity index (χ0n) is 14.8. The summed E-state index contributed by atoms with van der Waals surface area (Å²) in [5.74, 6) is 0. The van der Waals surface area contributed by atoms with Crippen molar-refractivity contribution in [2.75, 3.05) is 0 Å². The quantitative estimate of drug-likeness (QED) is 0.401. The van der Waals surface area contributed by atoms with Gasteiger partial charge in [0.1, 0.15) is 7.85 Å². The molecule has 0 bridgehead atoms. The van der Waals surface area contributed by atoms with Crippen LogP contribution in [-0.2, 0) is 6.42 Å². The van der Waals surface area contributed by atoms with Crippen LogP contribution in [0.3, 0.4) is 0 Å². The molecule has 4 aromatic rings. The second-order valence-corrected chi connectivity index (χ2v) is 7.35. The first kappa shape index (κ1) is 16.5. The van der Waals surface area contributed by atoms with Gasteiger partial charge in [-0.2, -0.15) is 0 Å². The molecule has 128 valence electrons. The average molecular weight is 366 g/mol. The lowest BCUT2D eigenvalue weighted by atomic mass is 9.93. The number of halogens is 1. The topological polar surface area (TPSA) is 4.93 Å². The fourth-order valence-corrected chi connectivity index (χ4v) is 4.32. The summed E-state index contributed by atoms with van der Waals surface area (Å²) in [4.78, 5) is 0. The molecule has 1 aliphatic carbocycles. The lowest BCUT2D eigenvalue weighted by molar-refractivity contribution is 0.967. The number of allylic oxidation sites excluding steroid dienone is 1. The summed E-state index contributed by atoms with van der Waals surface area (Å²) in [6, 6.07) is 22.9. The van der Waals surface area contributed by atoms with E-state index in [1.165, 1.54) is 22.2 Å². The van der Waals surface area contributed by atoms with Crippen molar-refractivity contribution >= 4 is 41.9 Å². The maximum Gasteiger partial charge on any atom is 0.113 e. The third-order valence-electron chi connectivity index (χ3n) is 5.29. The lowest BCUT2D eigenvalue weighted by Crippen LogP contribution is -2.01. The Morgan fingerprint density at radius 3 is 2.56 bits per heavy atom. The Kier molecular flexibility index (Phi) is 3.95. The van der Waals surface area contributed by atoms with E-state index in [0.717, 1.165) is 29.7 Å². The van der Waals surface area contributed by atoms with Gasteiger partial charge in [0.05, 0.1) is 5.52 Å². The maximum absolute atomic E-state index is 6.38. The molecule has 0 fully saturated rings. The first-order valence-corrected chi connectivity index (χ1v) is 9.55. The van der Waals surface area contributed by atoms with E-state index in [0.29, 0.717) is 10.5 Å². The number of rotatable bonds is 2. The molecule has 0 spiro atoms. The van der Waals surface area contributed by atoms with Crippen LogP contribution < -0.4 is 5.46 Å². The Morgan fingerprint density at radius 2 is 1.74 bits per heavy atom. The molecule has 1 heterocycles. The monoisotopic (exact) mass is 365 g/mol. The van der Waals surface area contributed by atoms with Crippen LogP contribution in [0.15, 0.2) is 72.8 Å². The Morgan fingerprint density at radius 1 is 0.926 bits per heavy atom. The molecule has 3 heteroatoms. The van der Waals surface area contributed by atoms with Gasteiger partial charge in [0.25, 0.3) is 0 Å². The van der Waals surface area contributed by atoms with Crippen LogP contribution in [0.2, 0.25) is 5.02 Å². The van der Waals surface area contributed by atoms with Gasteiger partial charge in [-0.25, -0.2) is 0 Å². The van der Waals surface area contributed by atoms with Gasteiger partial charge in [0, 0.05) is 27.4 Å². The molecule has 27 heavy (non-hydrogen) atoms. The molecule has 0 atom stereocenters. The van der Waals surface area contributed by atoms with Crippen molar-refractivity contribution in [2.24, 2.45) is 0 Å². The SMILES string of the molecule is [B]c1ccc(-c2ccc(-n3c4c(c5ccccc53)CCC=C4)cc2)c(Cl)c1. The van der Waals surface area contributed by atoms with Gasteiger partial charge in [-0.3, -0.25) is 0 Å². The Balaban J connectivity index is 1.65. The highest BCUT2D eigenvalue weighted by Gasteiger charge is 2.18. The number of fused-ring (bicyclic) bond motifs is 3. The first-order valence-electron chi connectivity index (χ1n) is 9.17. The van der Waals surface area contributed by atoms with E-state index in [-0.39, 0.29) is 0 Å². The predicted molar refractivity (Wildman–Crippen MR) is 116 cm³/mol. The fraction of sp³-hybridized carbons (Fsp3) is 0.0833. The number of hydrogen-bond donors (Lipinski definition) is 0. The number of nitrogens with zero attached hydrogens (tertiary/aromatic N) is 1. The van der Waals surface area contributed by atoms with Gasteiger partial charge in [-0.1, -0.05) is 65.6 Å². The fourth-order valence-electron chi connectivity index (χ4n) is 4.02. The molecule has 0 saturated carbocycles. The van der Waals surface area contributed by atoms with E-state index in [1.807, 2.05) is 12.1 Å². The summed E-state index contributed by atoms with van der Waals surface area (Å²) in [6.07, 6.45) is 6.72. The number of aromatic nitrogens is 1. The van der Waals surface area contributed by atoms with Crippen molar-refractivity contribution in [1.29, 1.82) is 0 Å². The predicted octanol–water partition coefficient (Wildman–Crippen LogP) is 5.70. The van der Waals surface area contributed by atoms with Gasteiger partial charge in [-0.15, -0.1) is 0 Å². The number of hydrogen-bond acceptors (Lipinski definition) is 0. The van der Waals surface area contributed by atoms with Gasteiger partial charge >= 0.3 is 0 Å². The molecule has 1 aliphatic rings. The highest BCUT2D eigenvalue weighted by molar-refractivity contribution is 6.37. The highest BCUT2D eigenvalue weighted by atomic mass is 35.5.